The smallest absolute Gasteiger partial charge is 0.228 e. The van der Waals surface area contributed by atoms with Crippen molar-refractivity contribution >= 4 is 28.8 Å². The average molecular weight is 356 g/mol. The fourth-order valence-corrected chi connectivity index (χ4v) is 4.10. The summed E-state index contributed by atoms with van der Waals surface area (Å²) in [7, 11) is 0. The molecule has 1 aliphatic heterocycles. The Labute approximate surface area is 152 Å². The molecule has 4 nitrogen and oxygen atoms in total. The summed E-state index contributed by atoms with van der Waals surface area (Å²) >= 11 is 1.60. The normalized spacial score (nSPS) is 21.4. The number of carbonyl (C=O) groups is 2. The Bertz CT molecular complexity index is 740. The van der Waals surface area contributed by atoms with Crippen LogP contribution >= 0.6 is 11.3 Å². The van der Waals surface area contributed by atoms with Crippen LogP contribution in [0.1, 0.15) is 43.2 Å². The Morgan fingerprint density at radius 2 is 2.04 bits per heavy atom. The minimum Gasteiger partial charge on any atom is -0.353 e. The third kappa shape index (κ3) is 3.61. The predicted octanol–water partition coefficient (Wildman–Crippen LogP) is 4.07. The van der Waals surface area contributed by atoms with Crippen molar-refractivity contribution in [3.05, 3.63) is 52.2 Å². The van der Waals surface area contributed by atoms with E-state index in [1.165, 1.54) is 0 Å². The van der Waals surface area contributed by atoms with Gasteiger partial charge < -0.3 is 10.2 Å². The first-order valence-electron chi connectivity index (χ1n) is 8.73. The van der Waals surface area contributed by atoms with E-state index in [1.54, 1.807) is 16.2 Å². The van der Waals surface area contributed by atoms with Crippen LogP contribution in [0.2, 0.25) is 0 Å². The van der Waals surface area contributed by atoms with Crippen LogP contribution in [0.25, 0.3) is 0 Å². The fourth-order valence-electron chi connectivity index (χ4n) is 3.22. The summed E-state index contributed by atoms with van der Waals surface area (Å²) in [6.07, 6.45) is 1.12. The highest BCUT2D eigenvalue weighted by Crippen LogP contribution is 2.43. The number of hydrogen-bond acceptors (Lipinski definition) is 3. The van der Waals surface area contributed by atoms with E-state index in [2.05, 4.69) is 5.32 Å². The zero-order valence-corrected chi connectivity index (χ0v) is 15.7. The van der Waals surface area contributed by atoms with Crippen LogP contribution in [0.5, 0.6) is 0 Å². The standard InChI is InChI=1S/C20H24N2O2S/c1-4-14(3)21-20(24)16-12-18(23)22(15-9-7-13(2)8-10-15)19(16)17-6-5-11-25-17/h5-11,14,16,19H,4,12H2,1-3H3,(H,21,24). The van der Waals surface area contributed by atoms with Crippen molar-refractivity contribution in [2.24, 2.45) is 5.92 Å². The quantitative estimate of drug-likeness (QED) is 0.878. The Kier molecular flexibility index (Phi) is 5.23. The number of nitrogens with one attached hydrogen (secondary N) is 1. The number of thiophene rings is 1. The minimum atomic E-state index is -0.360. The van der Waals surface area contributed by atoms with Crippen LogP contribution in [0.4, 0.5) is 5.69 Å². The zero-order valence-electron chi connectivity index (χ0n) is 14.9. The van der Waals surface area contributed by atoms with Crippen molar-refractivity contribution in [1.82, 2.24) is 5.32 Å². The largest absolute Gasteiger partial charge is 0.353 e. The van der Waals surface area contributed by atoms with Crippen molar-refractivity contribution in [2.75, 3.05) is 4.90 Å². The molecule has 132 valence electrons. The molecule has 0 saturated carbocycles. The van der Waals surface area contributed by atoms with E-state index in [4.69, 9.17) is 0 Å². The highest BCUT2D eigenvalue weighted by molar-refractivity contribution is 7.10. The van der Waals surface area contributed by atoms with E-state index in [9.17, 15) is 9.59 Å². The van der Waals surface area contributed by atoms with Gasteiger partial charge in [0.05, 0.1) is 12.0 Å². The molecule has 5 heteroatoms. The lowest BCUT2D eigenvalue weighted by Gasteiger charge is -2.28. The summed E-state index contributed by atoms with van der Waals surface area (Å²) in [5.41, 5.74) is 2.00. The summed E-state index contributed by atoms with van der Waals surface area (Å²) < 4.78 is 0. The van der Waals surface area contributed by atoms with Gasteiger partial charge in [-0.1, -0.05) is 30.7 Å². The average Bonchev–Trinajstić information content (AvgIpc) is 3.23. The van der Waals surface area contributed by atoms with Gasteiger partial charge in [0.2, 0.25) is 11.8 Å². The van der Waals surface area contributed by atoms with Crippen LogP contribution < -0.4 is 10.2 Å². The number of amides is 2. The number of anilines is 1. The SMILES string of the molecule is CCC(C)NC(=O)C1CC(=O)N(c2ccc(C)cc2)C1c1cccs1. The van der Waals surface area contributed by atoms with Crippen molar-refractivity contribution in [3.63, 3.8) is 0 Å². The maximum Gasteiger partial charge on any atom is 0.228 e. The van der Waals surface area contributed by atoms with Gasteiger partial charge in [-0.15, -0.1) is 11.3 Å². The Morgan fingerprint density at radius 1 is 1.32 bits per heavy atom. The first-order valence-corrected chi connectivity index (χ1v) is 9.61. The van der Waals surface area contributed by atoms with Gasteiger partial charge in [0.15, 0.2) is 0 Å². The molecule has 1 aliphatic rings. The van der Waals surface area contributed by atoms with E-state index >= 15 is 0 Å². The van der Waals surface area contributed by atoms with Gasteiger partial charge in [0.1, 0.15) is 0 Å². The third-order valence-electron chi connectivity index (χ3n) is 4.81. The molecular weight excluding hydrogens is 332 g/mol. The van der Waals surface area contributed by atoms with Gasteiger partial charge in [0, 0.05) is 23.0 Å². The molecule has 0 aliphatic carbocycles. The molecule has 1 fully saturated rings. The van der Waals surface area contributed by atoms with Crippen molar-refractivity contribution in [3.8, 4) is 0 Å². The van der Waals surface area contributed by atoms with Gasteiger partial charge in [-0.2, -0.15) is 0 Å². The van der Waals surface area contributed by atoms with E-state index in [1.807, 2.05) is 62.5 Å². The monoisotopic (exact) mass is 356 g/mol. The lowest BCUT2D eigenvalue weighted by atomic mass is 9.97. The molecule has 2 amide bonds. The first-order chi connectivity index (χ1) is 12.0. The van der Waals surface area contributed by atoms with Crippen LogP contribution in [-0.4, -0.2) is 17.9 Å². The third-order valence-corrected chi connectivity index (χ3v) is 5.75. The van der Waals surface area contributed by atoms with E-state index in [0.29, 0.717) is 0 Å². The van der Waals surface area contributed by atoms with E-state index in [0.717, 1.165) is 22.5 Å². The molecule has 1 aromatic carbocycles. The van der Waals surface area contributed by atoms with Crippen LogP contribution in [0, 0.1) is 12.8 Å². The molecule has 2 aromatic rings. The van der Waals surface area contributed by atoms with E-state index in [-0.39, 0.29) is 36.2 Å². The fraction of sp³-hybridized carbons (Fsp3) is 0.400. The van der Waals surface area contributed by atoms with Gasteiger partial charge in [-0.25, -0.2) is 0 Å². The van der Waals surface area contributed by atoms with Gasteiger partial charge >= 0.3 is 0 Å². The molecular formula is C20H24N2O2S. The number of nitrogens with zero attached hydrogens (tertiary/aromatic N) is 1. The van der Waals surface area contributed by atoms with Gasteiger partial charge in [-0.05, 0) is 43.8 Å². The van der Waals surface area contributed by atoms with E-state index < -0.39 is 0 Å². The molecule has 1 saturated heterocycles. The molecule has 0 spiro atoms. The summed E-state index contributed by atoms with van der Waals surface area (Å²) in [5.74, 6) is -0.385. The predicted molar refractivity (Wildman–Crippen MR) is 102 cm³/mol. The van der Waals surface area contributed by atoms with Crippen molar-refractivity contribution in [1.29, 1.82) is 0 Å². The first kappa shape index (κ1) is 17.7. The Morgan fingerprint density at radius 3 is 2.64 bits per heavy atom. The second-order valence-electron chi connectivity index (χ2n) is 6.69. The number of carbonyl (C=O) groups excluding carboxylic acids is 2. The highest BCUT2D eigenvalue weighted by atomic mass is 32.1. The van der Waals surface area contributed by atoms with Crippen molar-refractivity contribution in [2.45, 2.75) is 45.7 Å². The highest BCUT2D eigenvalue weighted by Gasteiger charge is 2.45. The maximum absolute atomic E-state index is 12.8. The van der Waals surface area contributed by atoms with Crippen LogP contribution in [0.15, 0.2) is 41.8 Å². The Hall–Kier alpha value is -2.14. The summed E-state index contributed by atoms with van der Waals surface area (Å²) in [4.78, 5) is 28.4. The van der Waals surface area contributed by atoms with Gasteiger partial charge in [-0.3, -0.25) is 9.59 Å². The molecule has 1 aromatic heterocycles. The lowest BCUT2D eigenvalue weighted by molar-refractivity contribution is -0.127. The number of benzene rings is 1. The Balaban J connectivity index is 1.96. The maximum atomic E-state index is 12.8. The molecule has 3 atom stereocenters. The summed E-state index contributed by atoms with van der Waals surface area (Å²) in [6.45, 7) is 6.06. The molecule has 2 heterocycles. The minimum absolute atomic E-state index is 0.00607. The lowest BCUT2D eigenvalue weighted by Crippen LogP contribution is -2.39. The zero-order chi connectivity index (χ0) is 18.0. The molecule has 0 bridgehead atoms. The topological polar surface area (TPSA) is 49.4 Å². The number of rotatable bonds is 5. The molecule has 25 heavy (non-hydrogen) atoms. The number of hydrogen-bond donors (Lipinski definition) is 1. The summed E-state index contributed by atoms with van der Waals surface area (Å²) in [6, 6.07) is 11.8. The molecule has 3 unspecified atom stereocenters. The van der Waals surface area contributed by atoms with Crippen LogP contribution in [-0.2, 0) is 9.59 Å². The molecule has 0 radical (unpaired) electrons. The van der Waals surface area contributed by atoms with Crippen LogP contribution in [0.3, 0.4) is 0 Å². The number of aryl methyl sites for hydroxylation is 1. The molecule has 1 N–H and O–H groups in total. The molecule has 3 rings (SSSR count). The second-order valence-corrected chi connectivity index (χ2v) is 7.67. The van der Waals surface area contributed by atoms with Crippen molar-refractivity contribution < 1.29 is 9.59 Å². The van der Waals surface area contributed by atoms with Gasteiger partial charge in [0.25, 0.3) is 0 Å². The second kappa shape index (κ2) is 7.40. The summed E-state index contributed by atoms with van der Waals surface area (Å²) in [5, 5.41) is 5.05.